The molecule has 1 atom stereocenters. The lowest BCUT2D eigenvalue weighted by atomic mass is 9.76. The summed E-state index contributed by atoms with van der Waals surface area (Å²) in [5, 5.41) is 19.3. The van der Waals surface area contributed by atoms with E-state index in [1.165, 1.54) is 19.3 Å². The zero-order chi connectivity index (χ0) is 23.1. The first-order valence-corrected chi connectivity index (χ1v) is 12.9. The molecule has 2 aliphatic rings. The third kappa shape index (κ3) is 6.02. The molecule has 176 valence electrons. The summed E-state index contributed by atoms with van der Waals surface area (Å²) in [7, 11) is 0. The molecule has 7 heteroatoms. The van der Waals surface area contributed by atoms with Gasteiger partial charge in [-0.2, -0.15) is 0 Å². The Morgan fingerprint density at radius 2 is 1.64 bits per heavy atom. The van der Waals surface area contributed by atoms with Gasteiger partial charge in [-0.05, 0) is 48.6 Å². The fourth-order valence-corrected chi connectivity index (χ4v) is 6.22. The highest BCUT2D eigenvalue weighted by Gasteiger charge is 2.38. The highest BCUT2D eigenvalue weighted by atomic mass is 32.2. The van der Waals surface area contributed by atoms with Crippen molar-refractivity contribution in [2.24, 2.45) is 5.92 Å². The second-order valence-electron chi connectivity index (χ2n) is 8.97. The first kappa shape index (κ1) is 23.5. The summed E-state index contributed by atoms with van der Waals surface area (Å²) in [5.41, 5.74) is 2.93. The minimum atomic E-state index is -0.859. The van der Waals surface area contributed by atoms with Gasteiger partial charge in [0.15, 0.2) is 4.99 Å². The molecule has 1 heterocycles. The summed E-state index contributed by atoms with van der Waals surface area (Å²) >= 11 is 1.55. The van der Waals surface area contributed by atoms with E-state index in [-0.39, 0.29) is 18.2 Å². The fourth-order valence-electron chi connectivity index (χ4n) is 5.00. The second kappa shape index (κ2) is 11.0. The maximum atomic E-state index is 13.2. The fraction of sp³-hybridized carbons (Fsp3) is 0.462. The third-order valence-corrected chi connectivity index (χ3v) is 7.87. The number of carboxylic acid groups (broad SMARTS) is 1. The van der Waals surface area contributed by atoms with E-state index >= 15 is 0 Å². The maximum absolute atomic E-state index is 13.2. The van der Waals surface area contributed by atoms with Crippen LogP contribution >= 0.6 is 11.8 Å². The topological polar surface area (TPSA) is 90.5 Å². The van der Waals surface area contributed by atoms with Gasteiger partial charge in [-0.1, -0.05) is 61.7 Å². The van der Waals surface area contributed by atoms with Crippen molar-refractivity contribution in [1.29, 1.82) is 0 Å². The van der Waals surface area contributed by atoms with E-state index in [1.54, 1.807) is 11.8 Å². The van der Waals surface area contributed by atoms with Crippen molar-refractivity contribution >= 4 is 35.0 Å². The zero-order valence-electron chi connectivity index (χ0n) is 18.9. The molecular formula is C26H33N3O3S. The molecule has 0 bridgehead atoms. The summed E-state index contributed by atoms with van der Waals surface area (Å²) in [5.74, 6) is 0.288. The Labute approximate surface area is 199 Å². The first-order valence-electron chi connectivity index (χ1n) is 11.9. The zero-order valence-corrected chi connectivity index (χ0v) is 19.7. The Balaban J connectivity index is 1.30. The molecule has 33 heavy (non-hydrogen) atoms. The maximum Gasteiger partial charge on any atom is 0.308 e. The average molecular weight is 468 g/mol. The lowest BCUT2D eigenvalue weighted by Gasteiger charge is -2.30. The van der Waals surface area contributed by atoms with Crippen LogP contribution in [0.2, 0.25) is 0 Å². The largest absolute Gasteiger partial charge is 0.481 e. The number of amides is 1. The summed E-state index contributed by atoms with van der Waals surface area (Å²) in [6.45, 7) is 0.581. The standard InChI is InChI=1S/C26H33N3O3S/c30-23(31)18-26(28-21-14-7-8-15-22(21)29-26)33-17-9-16-27-25(32)24(19-10-3-1-4-11-19)20-12-5-2-6-13-20/h1,3-4,7-8,10-11,14-15,20,24,28-29H,2,5-6,9,12-13,16-18H2,(H,27,32)(H,30,31). The number of fused-ring (bicyclic) bond motifs is 1. The van der Waals surface area contributed by atoms with Gasteiger partial charge in [0.25, 0.3) is 0 Å². The molecule has 6 nitrogen and oxygen atoms in total. The molecule has 1 aliphatic heterocycles. The Kier molecular flexibility index (Phi) is 7.81. The Hall–Kier alpha value is -2.67. The van der Waals surface area contributed by atoms with Crippen LogP contribution in [0, 0.1) is 5.92 Å². The normalized spacial score (nSPS) is 17.9. The van der Waals surface area contributed by atoms with Gasteiger partial charge in [-0.3, -0.25) is 9.59 Å². The minimum absolute atomic E-state index is 0.0452. The van der Waals surface area contributed by atoms with E-state index in [0.717, 1.165) is 42.0 Å². The number of thioether (sulfide) groups is 1. The van der Waals surface area contributed by atoms with Crippen molar-refractivity contribution in [2.45, 2.75) is 55.9 Å². The van der Waals surface area contributed by atoms with Gasteiger partial charge in [0.2, 0.25) is 5.91 Å². The summed E-state index contributed by atoms with van der Waals surface area (Å²) in [4.78, 5) is 23.9. The monoisotopic (exact) mass is 467 g/mol. The van der Waals surface area contributed by atoms with Gasteiger partial charge in [-0.15, -0.1) is 11.8 Å². The predicted molar refractivity (Wildman–Crippen MR) is 135 cm³/mol. The summed E-state index contributed by atoms with van der Waals surface area (Å²) in [6.07, 6.45) is 6.61. The van der Waals surface area contributed by atoms with E-state index in [2.05, 4.69) is 28.1 Å². The van der Waals surface area contributed by atoms with E-state index in [9.17, 15) is 14.7 Å². The molecule has 1 fully saturated rings. The molecule has 1 saturated carbocycles. The minimum Gasteiger partial charge on any atom is -0.481 e. The predicted octanol–water partition coefficient (Wildman–Crippen LogP) is 5.26. The Morgan fingerprint density at radius 1 is 1.00 bits per heavy atom. The van der Waals surface area contributed by atoms with Crippen LogP contribution < -0.4 is 16.0 Å². The molecule has 1 aliphatic carbocycles. The molecule has 0 saturated heterocycles. The molecule has 0 radical (unpaired) electrons. The van der Waals surface area contributed by atoms with Gasteiger partial charge in [0.05, 0.1) is 23.7 Å². The van der Waals surface area contributed by atoms with Crippen LogP contribution in [0.5, 0.6) is 0 Å². The van der Waals surface area contributed by atoms with Crippen molar-refractivity contribution in [1.82, 2.24) is 5.32 Å². The van der Waals surface area contributed by atoms with Crippen LogP contribution in [0.1, 0.15) is 56.4 Å². The van der Waals surface area contributed by atoms with E-state index in [1.807, 2.05) is 42.5 Å². The number of carbonyl (C=O) groups excluding carboxylic acids is 1. The number of hydrogen-bond donors (Lipinski definition) is 4. The molecule has 1 amide bonds. The molecule has 2 aromatic carbocycles. The number of benzene rings is 2. The molecule has 0 aromatic heterocycles. The van der Waals surface area contributed by atoms with Gasteiger partial charge in [-0.25, -0.2) is 0 Å². The highest BCUT2D eigenvalue weighted by molar-refractivity contribution is 8.00. The number of nitrogens with one attached hydrogen (secondary N) is 3. The molecule has 0 spiro atoms. The van der Waals surface area contributed by atoms with Crippen LogP contribution in [-0.2, 0) is 9.59 Å². The van der Waals surface area contributed by atoms with E-state index in [0.29, 0.717) is 12.5 Å². The molecule has 4 N–H and O–H groups in total. The highest BCUT2D eigenvalue weighted by Crippen LogP contribution is 2.42. The number of rotatable bonds is 10. The quantitative estimate of drug-likeness (QED) is 0.357. The van der Waals surface area contributed by atoms with E-state index in [4.69, 9.17) is 0 Å². The Bertz CT molecular complexity index is 922. The van der Waals surface area contributed by atoms with Gasteiger partial charge < -0.3 is 21.1 Å². The smallest absolute Gasteiger partial charge is 0.308 e. The van der Waals surface area contributed by atoms with Crippen molar-refractivity contribution in [3.63, 3.8) is 0 Å². The lowest BCUT2D eigenvalue weighted by molar-refractivity contribution is -0.137. The van der Waals surface area contributed by atoms with Crippen molar-refractivity contribution in [3.8, 4) is 0 Å². The first-order chi connectivity index (χ1) is 16.1. The Morgan fingerprint density at radius 3 is 2.27 bits per heavy atom. The van der Waals surface area contributed by atoms with Crippen molar-refractivity contribution in [2.75, 3.05) is 22.9 Å². The van der Waals surface area contributed by atoms with Gasteiger partial charge >= 0.3 is 5.97 Å². The third-order valence-electron chi connectivity index (χ3n) is 6.53. The van der Waals surface area contributed by atoms with Crippen LogP contribution in [0.4, 0.5) is 11.4 Å². The number of anilines is 2. The van der Waals surface area contributed by atoms with Gasteiger partial charge in [0.1, 0.15) is 0 Å². The van der Waals surface area contributed by atoms with Crippen molar-refractivity contribution in [3.05, 3.63) is 60.2 Å². The molecule has 4 rings (SSSR count). The summed E-state index contributed by atoms with van der Waals surface area (Å²) < 4.78 is 0. The van der Waals surface area contributed by atoms with Crippen LogP contribution in [0.15, 0.2) is 54.6 Å². The van der Waals surface area contributed by atoms with Crippen LogP contribution in [0.3, 0.4) is 0 Å². The number of aliphatic carboxylic acids is 1. The lowest BCUT2D eigenvalue weighted by Crippen LogP contribution is -2.41. The van der Waals surface area contributed by atoms with Crippen molar-refractivity contribution < 1.29 is 14.7 Å². The average Bonchev–Trinajstić information content (AvgIpc) is 3.18. The van der Waals surface area contributed by atoms with Crippen LogP contribution in [0.25, 0.3) is 0 Å². The molecule has 1 unspecified atom stereocenters. The number of carboxylic acids is 1. The molecule has 2 aromatic rings. The SMILES string of the molecule is O=C(O)CC1(SCCCNC(=O)C(c2ccccc2)C2CCCCC2)Nc2ccccc2N1. The van der Waals surface area contributed by atoms with Gasteiger partial charge in [0, 0.05) is 6.54 Å². The van der Waals surface area contributed by atoms with Crippen LogP contribution in [-0.4, -0.2) is 34.3 Å². The molecular weight excluding hydrogens is 434 g/mol. The number of para-hydroxylation sites is 2. The number of carbonyl (C=O) groups is 2. The summed E-state index contributed by atoms with van der Waals surface area (Å²) in [6, 6.07) is 17.9. The second-order valence-corrected chi connectivity index (χ2v) is 10.4. The van der Waals surface area contributed by atoms with E-state index < -0.39 is 11.0 Å². The number of hydrogen-bond acceptors (Lipinski definition) is 5.